The molecule has 188 valence electrons. The Bertz CT molecular complexity index is 1350. The molecule has 1 saturated heterocycles. The van der Waals surface area contributed by atoms with Crippen LogP contribution in [0.2, 0.25) is 0 Å². The topological polar surface area (TPSA) is 66.5 Å². The molecule has 1 saturated carbocycles. The Morgan fingerprint density at radius 1 is 1.11 bits per heavy atom. The number of anilines is 2. The molecule has 2 aromatic carbocycles. The number of rotatable bonds is 5. The van der Waals surface area contributed by atoms with Crippen molar-refractivity contribution in [2.45, 2.75) is 52.1 Å². The van der Waals surface area contributed by atoms with Gasteiger partial charge in [-0.15, -0.1) is 0 Å². The van der Waals surface area contributed by atoms with E-state index in [1.165, 1.54) is 35.0 Å². The highest BCUT2D eigenvalue weighted by molar-refractivity contribution is 5.99. The van der Waals surface area contributed by atoms with Gasteiger partial charge in [-0.25, -0.2) is 0 Å². The summed E-state index contributed by atoms with van der Waals surface area (Å²) in [5.41, 5.74) is 15.0. The normalized spacial score (nSPS) is 19.8. The third kappa shape index (κ3) is 4.07. The molecule has 1 unspecified atom stereocenters. The van der Waals surface area contributed by atoms with Gasteiger partial charge in [0.15, 0.2) is 0 Å². The third-order valence-corrected chi connectivity index (χ3v) is 8.09. The molecule has 3 aromatic rings. The van der Waals surface area contributed by atoms with Crippen molar-refractivity contribution in [3.05, 3.63) is 65.4 Å². The largest absolute Gasteiger partial charge is 0.382 e. The Labute approximate surface area is 213 Å². The molecule has 1 atom stereocenters. The lowest BCUT2D eigenvalue weighted by atomic mass is 10.0. The van der Waals surface area contributed by atoms with Crippen molar-refractivity contribution < 1.29 is 4.79 Å². The second-order valence-corrected chi connectivity index (χ2v) is 11.0. The summed E-state index contributed by atoms with van der Waals surface area (Å²) in [5, 5.41) is 4.83. The molecule has 1 aromatic heterocycles. The molecule has 0 spiro atoms. The van der Waals surface area contributed by atoms with Crippen molar-refractivity contribution in [3.63, 3.8) is 0 Å². The first-order valence-electron chi connectivity index (χ1n) is 13.4. The van der Waals surface area contributed by atoms with Crippen molar-refractivity contribution in [3.8, 4) is 0 Å². The highest BCUT2D eigenvalue weighted by Crippen LogP contribution is 2.41. The smallest absolute Gasteiger partial charge is 0.253 e. The zero-order valence-corrected chi connectivity index (χ0v) is 21.5. The van der Waals surface area contributed by atoms with Gasteiger partial charge in [-0.2, -0.15) is 0 Å². The standard InChI is InChI=1S/C30H37N5O/c1-19-6-4-7-23-16-27(35(28(19)23)17-22-9-10-22)21(3)34-13-11-32-26-15-24(14-20(2)29(26)34)30(36)33-12-5-8-25(31)18-33/h4,6-7,14-16,22,25,32H,3,5,8-13,17-18,31H2,1-2H3. The Balaban J connectivity index is 1.36. The van der Waals surface area contributed by atoms with Gasteiger partial charge in [0.05, 0.1) is 28.3 Å². The molecule has 6 rings (SSSR count). The van der Waals surface area contributed by atoms with Crippen molar-refractivity contribution in [2.75, 3.05) is 36.4 Å². The van der Waals surface area contributed by atoms with Crippen LogP contribution in [0, 0.1) is 19.8 Å². The lowest BCUT2D eigenvalue weighted by Crippen LogP contribution is -2.45. The fourth-order valence-corrected chi connectivity index (χ4v) is 6.10. The Hall–Kier alpha value is -3.25. The van der Waals surface area contributed by atoms with E-state index in [0.29, 0.717) is 6.54 Å². The summed E-state index contributed by atoms with van der Waals surface area (Å²) in [7, 11) is 0. The number of piperidine rings is 1. The fraction of sp³-hybridized carbons (Fsp3) is 0.433. The minimum atomic E-state index is 0.0735. The molecule has 3 heterocycles. The van der Waals surface area contributed by atoms with Gasteiger partial charge in [-0.3, -0.25) is 4.79 Å². The SMILES string of the molecule is C=C(c1cc2cccc(C)c2n1CC1CC1)N1CCNc2cc(C(=O)N3CCCC(N)C3)cc(C)c21. The van der Waals surface area contributed by atoms with Crippen LogP contribution in [0.15, 0.2) is 43.0 Å². The van der Waals surface area contributed by atoms with Gasteiger partial charge in [-0.1, -0.05) is 24.8 Å². The van der Waals surface area contributed by atoms with Crippen LogP contribution in [-0.4, -0.2) is 47.6 Å². The van der Waals surface area contributed by atoms with E-state index in [1.807, 2.05) is 17.0 Å². The summed E-state index contributed by atoms with van der Waals surface area (Å²) in [6, 6.07) is 13.0. The number of amides is 1. The molecule has 2 aliphatic heterocycles. The Morgan fingerprint density at radius 2 is 1.94 bits per heavy atom. The van der Waals surface area contributed by atoms with Crippen LogP contribution >= 0.6 is 0 Å². The third-order valence-electron chi connectivity index (χ3n) is 8.09. The monoisotopic (exact) mass is 483 g/mol. The van der Waals surface area contributed by atoms with E-state index < -0.39 is 0 Å². The number of carbonyl (C=O) groups is 1. The van der Waals surface area contributed by atoms with Gasteiger partial charge < -0.3 is 25.4 Å². The summed E-state index contributed by atoms with van der Waals surface area (Å²) in [4.78, 5) is 17.6. The van der Waals surface area contributed by atoms with Crippen LogP contribution < -0.4 is 16.0 Å². The minimum Gasteiger partial charge on any atom is -0.382 e. The van der Waals surface area contributed by atoms with E-state index in [4.69, 9.17) is 5.73 Å². The second kappa shape index (κ2) is 9.00. The van der Waals surface area contributed by atoms with Crippen molar-refractivity contribution in [1.29, 1.82) is 0 Å². The maximum atomic E-state index is 13.3. The van der Waals surface area contributed by atoms with E-state index in [0.717, 1.165) is 73.1 Å². The summed E-state index contributed by atoms with van der Waals surface area (Å²) < 4.78 is 2.50. The quantitative estimate of drug-likeness (QED) is 0.528. The van der Waals surface area contributed by atoms with Crippen LogP contribution in [0.3, 0.4) is 0 Å². The molecule has 3 aliphatic rings. The number of hydrogen-bond donors (Lipinski definition) is 2. The molecule has 36 heavy (non-hydrogen) atoms. The predicted octanol–water partition coefficient (Wildman–Crippen LogP) is 5.13. The number of likely N-dealkylation sites (tertiary alicyclic amines) is 1. The first kappa shape index (κ1) is 23.2. The van der Waals surface area contributed by atoms with Crippen LogP contribution in [0.4, 0.5) is 11.4 Å². The minimum absolute atomic E-state index is 0.0735. The molecule has 1 amide bonds. The molecule has 2 fully saturated rings. The van der Waals surface area contributed by atoms with Gasteiger partial charge in [-0.05, 0) is 74.8 Å². The number of aromatic nitrogens is 1. The van der Waals surface area contributed by atoms with Crippen molar-refractivity contribution >= 4 is 33.9 Å². The van der Waals surface area contributed by atoms with Crippen LogP contribution in [0.5, 0.6) is 0 Å². The molecule has 6 heteroatoms. The van der Waals surface area contributed by atoms with Gasteiger partial charge >= 0.3 is 0 Å². The number of aryl methyl sites for hydroxylation is 2. The zero-order valence-electron chi connectivity index (χ0n) is 21.5. The maximum Gasteiger partial charge on any atom is 0.253 e. The number of nitrogens with zero attached hydrogens (tertiary/aromatic N) is 3. The first-order chi connectivity index (χ1) is 17.4. The summed E-state index contributed by atoms with van der Waals surface area (Å²) in [6.07, 6.45) is 4.58. The zero-order chi connectivity index (χ0) is 25.0. The molecule has 0 radical (unpaired) electrons. The summed E-state index contributed by atoms with van der Waals surface area (Å²) in [5.74, 6) is 0.842. The molecule has 3 N–H and O–H groups in total. The number of hydrogen-bond acceptors (Lipinski definition) is 4. The Morgan fingerprint density at radius 3 is 2.72 bits per heavy atom. The second-order valence-electron chi connectivity index (χ2n) is 11.0. The number of fused-ring (bicyclic) bond motifs is 2. The van der Waals surface area contributed by atoms with Gasteiger partial charge in [0.1, 0.15) is 0 Å². The van der Waals surface area contributed by atoms with Crippen LogP contribution in [0.25, 0.3) is 16.6 Å². The number of para-hydroxylation sites is 1. The fourth-order valence-electron chi connectivity index (χ4n) is 6.10. The summed E-state index contributed by atoms with van der Waals surface area (Å²) >= 11 is 0. The molecule has 6 nitrogen and oxygen atoms in total. The van der Waals surface area contributed by atoms with E-state index >= 15 is 0 Å². The number of nitrogens with one attached hydrogen (secondary N) is 1. The van der Waals surface area contributed by atoms with E-state index in [-0.39, 0.29) is 11.9 Å². The van der Waals surface area contributed by atoms with Gasteiger partial charge in [0.25, 0.3) is 5.91 Å². The van der Waals surface area contributed by atoms with Gasteiger partial charge in [0, 0.05) is 49.7 Å². The number of nitrogens with two attached hydrogens (primary N) is 1. The number of benzene rings is 2. The lowest BCUT2D eigenvalue weighted by Gasteiger charge is -2.36. The van der Waals surface area contributed by atoms with Crippen molar-refractivity contribution in [2.24, 2.45) is 11.7 Å². The average Bonchev–Trinajstić information content (AvgIpc) is 3.61. The van der Waals surface area contributed by atoms with Crippen molar-refractivity contribution in [1.82, 2.24) is 9.47 Å². The molecule has 0 bridgehead atoms. The highest BCUT2D eigenvalue weighted by Gasteiger charge is 2.29. The lowest BCUT2D eigenvalue weighted by molar-refractivity contribution is 0.0709. The van der Waals surface area contributed by atoms with Crippen LogP contribution in [-0.2, 0) is 6.54 Å². The molecule has 1 aliphatic carbocycles. The molecular weight excluding hydrogens is 446 g/mol. The number of carbonyl (C=O) groups excluding carboxylic acids is 1. The maximum absolute atomic E-state index is 13.3. The first-order valence-corrected chi connectivity index (χ1v) is 13.4. The Kier molecular flexibility index (Phi) is 5.79. The van der Waals surface area contributed by atoms with E-state index in [9.17, 15) is 4.79 Å². The average molecular weight is 484 g/mol. The summed E-state index contributed by atoms with van der Waals surface area (Å²) in [6.45, 7) is 13.0. The molecular formula is C30H37N5O. The van der Waals surface area contributed by atoms with E-state index in [2.05, 4.69) is 59.5 Å². The van der Waals surface area contributed by atoms with Crippen LogP contribution in [0.1, 0.15) is 52.9 Å². The highest BCUT2D eigenvalue weighted by atomic mass is 16.2. The predicted molar refractivity (Wildman–Crippen MR) is 149 cm³/mol. The van der Waals surface area contributed by atoms with E-state index in [1.54, 1.807) is 0 Å². The van der Waals surface area contributed by atoms with Gasteiger partial charge in [0.2, 0.25) is 0 Å².